The first-order chi connectivity index (χ1) is 12.7. The van der Waals surface area contributed by atoms with Gasteiger partial charge in [0, 0.05) is 7.05 Å². The predicted octanol–water partition coefficient (Wildman–Crippen LogP) is 3.90. The molecule has 1 amide bonds. The number of hydrogen-bond donors (Lipinski definition) is 0. The lowest BCUT2D eigenvalue weighted by Gasteiger charge is -2.05. The molecule has 0 unspecified atom stereocenters. The zero-order valence-electron chi connectivity index (χ0n) is 15.8. The molecule has 0 radical (unpaired) electrons. The van der Waals surface area contributed by atoms with Gasteiger partial charge < -0.3 is 4.57 Å². The summed E-state index contributed by atoms with van der Waals surface area (Å²) in [6.45, 7) is 5.83. The van der Waals surface area contributed by atoms with Crippen LogP contribution in [0.5, 0.6) is 0 Å². The lowest BCUT2D eigenvalue weighted by Crippen LogP contribution is -2.15. The number of rotatable bonds is 4. The van der Waals surface area contributed by atoms with E-state index in [9.17, 15) is 13.2 Å². The number of sulfone groups is 1. The van der Waals surface area contributed by atoms with Crippen molar-refractivity contribution < 1.29 is 13.2 Å². The molecule has 0 N–H and O–H groups in total. The molecule has 1 heterocycles. The van der Waals surface area contributed by atoms with Gasteiger partial charge in [0.1, 0.15) is 0 Å². The number of nitrogens with zero attached hydrogens (tertiary/aromatic N) is 2. The van der Waals surface area contributed by atoms with Crippen LogP contribution in [-0.2, 0) is 16.9 Å². The minimum atomic E-state index is -3.50. The van der Waals surface area contributed by atoms with Crippen molar-refractivity contribution >= 4 is 37.3 Å². The molecule has 0 atom stereocenters. The van der Waals surface area contributed by atoms with E-state index in [1.54, 1.807) is 19.1 Å². The maximum Gasteiger partial charge on any atom is 0.280 e. The Morgan fingerprint density at radius 1 is 1.19 bits per heavy atom. The van der Waals surface area contributed by atoms with E-state index in [2.05, 4.69) is 31.0 Å². The molecular weight excluding hydrogens is 380 g/mol. The van der Waals surface area contributed by atoms with Gasteiger partial charge in [-0.2, -0.15) is 4.99 Å². The molecule has 0 fully saturated rings. The SMILES string of the molecule is CCS(=O)(=O)c1ccccc1C(=O)N=c1sc2cc(C(C)C)ccc2n1C. The largest absolute Gasteiger partial charge is 0.319 e. The Balaban J connectivity index is 2.13. The normalized spacial score (nSPS) is 12.9. The van der Waals surface area contributed by atoms with Gasteiger partial charge in [0.25, 0.3) is 5.91 Å². The minimum Gasteiger partial charge on any atom is -0.319 e. The number of aryl methyl sites for hydroxylation is 1. The van der Waals surface area contributed by atoms with Gasteiger partial charge in [-0.1, -0.05) is 50.3 Å². The molecule has 0 spiro atoms. The highest BCUT2D eigenvalue weighted by atomic mass is 32.2. The molecular formula is C20H22N2O3S2. The van der Waals surface area contributed by atoms with Crippen molar-refractivity contribution in [2.24, 2.45) is 12.0 Å². The van der Waals surface area contributed by atoms with Crippen molar-refractivity contribution in [2.75, 3.05) is 5.75 Å². The number of carbonyl (C=O) groups is 1. The van der Waals surface area contributed by atoms with E-state index < -0.39 is 15.7 Å². The van der Waals surface area contributed by atoms with Gasteiger partial charge in [0.15, 0.2) is 14.6 Å². The Kier molecular flexibility index (Phi) is 5.35. The van der Waals surface area contributed by atoms with E-state index in [4.69, 9.17) is 0 Å². The van der Waals surface area contributed by atoms with Crippen molar-refractivity contribution in [1.82, 2.24) is 4.57 Å². The fraction of sp³-hybridized carbons (Fsp3) is 0.300. The van der Waals surface area contributed by atoms with Gasteiger partial charge in [0.2, 0.25) is 0 Å². The van der Waals surface area contributed by atoms with E-state index >= 15 is 0 Å². The molecule has 0 bridgehead atoms. The van der Waals surface area contributed by atoms with Gasteiger partial charge >= 0.3 is 0 Å². The third-order valence-corrected chi connectivity index (χ3v) is 7.41. The number of aromatic nitrogens is 1. The zero-order chi connectivity index (χ0) is 19.8. The molecule has 27 heavy (non-hydrogen) atoms. The predicted molar refractivity (Wildman–Crippen MR) is 109 cm³/mol. The fourth-order valence-corrected chi connectivity index (χ4v) is 4.99. The van der Waals surface area contributed by atoms with Crippen LogP contribution < -0.4 is 4.80 Å². The molecule has 0 saturated carbocycles. The average molecular weight is 403 g/mol. The first kappa shape index (κ1) is 19.5. The highest BCUT2D eigenvalue weighted by Crippen LogP contribution is 2.23. The van der Waals surface area contributed by atoms with Crippen LogP contribution in [-0.4, -0.2) is 24.6 Å². The monoisotopic (exact) mass is 402 g/mol. The second-order valence-corrected chi connectivity index (χ2v) is 9.90. The number of hydrogen-bond acceptors (Lipinski definition) is 4. The van der Waals surface area contributed by atoms with Gasteiger partial charge in [-0.25, -0.2) is 8.42 Å². The third-order valence-electron chi connectivity index (χ3n) is 4.53. The molecule has 142 valence electrons. The van der Waals surface area contributed by atoms with Gasteiger partial charge in [0.05, 0.1) is 26.4 Å². The van der Waals surface area contributed by atoms with Crippen LogP contribution >= 0.6 is 11.3 Å². The summed E-state index contributed by atoms with van der Waals surface area (Å²) in [6, 6.07) is 12.5. The van der Waals surface area contributed by atoms with Crippen molar-refractivity contribution in [1.29, 1.82) is 0 Å². The second-order valence-electron chi connectivity index (χ2n) is 6.64. The Labute approximate surface area is 162 Å². The topological polar surface area (TPSA) is 68.5 Å². The smallest absolute Gasteiger partial charge is 0.280 e. The summed E-state index contributed by atoms with van der Waals surface area (Å²) in [5.74, 6) is -0.199. The van der Waals surface area contributed by atoms with E-state index in [1.807, 2.05) is 17.7 Å². The summed E-state index contributed by atoms with van der Waals surface area (Å²) < 4.78 is 27.5. The molecule has 0 aliphatic rings. The second kappa shape index (κ2) is 7.40. The van der Waals surface area contributed by atoms with Crippen LogP contribution in [0.25, 0.3) is 10.2 Å². The minimum absolute atomic E-state index is 0.0344. The van der Waals surface area contributed by atoms with Crippen LogP contribution in [0.2, 0.25) is 0 Å². The number of benzene rings is 2. The number of thiazole rings is 1. The lowest BCUT2D eigenvalue weighted by molar-refractivity contribution is 0.0995. The average Bonchev–Trinajstić information content (AvgIpc) is 2.96. The van der Waals surface area contributed by atoms with Crippen LogP contribution in [0.15, 0.2) is 52.4 Å². The number of carbonyl (C=O) groups excluding carboxylic acids is 1. The van der Waals surface area contributed by atoms with Gasteiger partial charge in [-0.3, -0.25) is 4.79 Å². The number of amides is 1. The van der Waals surface area contributed by atoms with Gasteiger partial charge in [-0.05, 0) is 35.7 Å². The molecule has 3 aromatic rings. The van der Waals surface area contributed by atoms with E-state index in [1.165, 1.54) is 29.0 Å². The Hall–Kier alpha value is -2.25. The summed E-state index contributed by atoms with van der Waals surface area (Å²) >= 11 is 1.42. The lowest BCUT2D eigenvalue weighted by atomic mass is 10.0. The summed E-state index contributed by atoms with van der Waals surface area (Å²) in [5, 5.41) is 0. The fourth-order valence-electron chi connectivity index (χ4n) is 2.83. The maximum absolute atomic E-state index is 12.8. The molecule has 3 rings (SSSR count). The van der Waals surface area contributed by atoms with E-state index in [0.29, 0.717) is 10.7 Å². The van der Waals surface area contributed by atoms with Crippen molar-refractivity contribution in [3.63, 3.8) is 0 Å². The highest BCUT2D eigenvalue weighted by Gasteiger charge is 2.20. The summed E-state index contributed by atoms with van der Waals surface area (Å²) in [4.78, 5) is 17.6. The first-order valence-electron chi connectivity index (χ1n) is 8.75. The summed E-state index contributed by atoms with van der Waals surface area (Å²) in [5.41, 5.74) is 2.33. The van der Waals surface area contributed by atoms with E-state index in [0.717, 1.165) is 10.2 Å². The zero-order valence-corrected chi connectivity index (χ0v) is 17.4. The van der Waals surface area contributed by atoms with Crippen LogP contribution in [0.1, 0.15) is 42.6 Å². The quantitative estimate of drug-likeness (QED) is 0.665. The molecule has 5 nitrogen and oxygen atoms in total. The van der Waals surface area contributed by atoms with Crippen LogP contribution in [0.3, 0.4) is 0 Å². The van der Waals surface area contributed by atoms with E-state index in [-0.39, 0.29) is 16.2 Å². The maximum atomic E-state index is 12.8. The van der Waals surface area contributed by atoms with Crippen LogP contribution in [0, 0.1) is 0 Å². The Morgan fingerprint density at radius 2 is 1.89 bits per heavy atom. The third kappa shape index (κ3) is 3.75. The van der Waals surface area contributed by atoms with Crippen molar-refractivity contribution in [2.45, 2.75) is 31.6 Å². The highest BCUT2D eigenvalue weighted by molar-refractivity contribution is 7.91. The molecule has 0 aliphatic carbocycles. The molecule has 1 aromatic heterocycles. The number of fused-ring (bicyclic) bond motifs is 1. The molecule has 0 saturated heterocycles. The molecule has 0 aliphatic heterocycles. The Morgan fingerprint density at radius 3 is 2.56 bits per heavy atom. The standard InChI is InChI=1S/C20H22N2O3S2/c1-5-27(24,25)18-9-7-6-8-15(18)19(23)21-20-22(4)16-11-10-14(13(2)3)12-17(16)26-20/h6-13H,5H2,1-4H3. The molecule has 7 heteroatoms. The summed E-state index contributed by atoms with van der Waals surface area (Å²) in [6.07, 6.45) is 0. The van der Waals surface area contributed by atoms with Crippen molar-refractivity contribution in [3.8, 4) is 0 Å². The van der Waals surface area contributed by atoms with Crippen molar-refractivity contribution in [3.05, 3.63) is 58.4 Å². The Bertz CT molecular complexity index is 1190. The van der Waals surface area contributed by atoms with Gasteiger partial charge in [-0.15, -0.1) is 0 Å². The van der Waals surface area contributed by atoms with Crippen LogP contribution in [0.4, 0.5) is 0 Å². The summed E-state index contributed by atoms with van der Waals surface area (Å²) in [7, 11) is -1.64. The first-order valence-corrected chi connectivity index (χ1v) is 11.2. The molecule has 2 aromatic carbocycles.